The summed E-state index contributed by atoms with van der Waals surface area (Å²) in [5.41, 5.74) is -0.109. The number of amides is 1. The molecule has 0 aliphatic carbocycles. The number of fused-ring (bicyclic) bond motifs is 1. The van der Waals surface area contributed by atoms with Crippen molar-refractivity contribution in [2.24, 2.45) is 5.92 Å². The third kappa shape index (κ3) is 7.99. The van der Waals surface area contributed by atoms with Crippen molar-refractivity contribution in [1.82, 2.24) is 14.5 Å². The molecular formula is C29H33ClF3N3O6. The topological polar surface area (TPSA) is 103 Å². The second-order valence-electron chi connectivity index (χ2n) is 11.1. The first-order chi connectivity index (χ1) is 19.7. The van der Waals surface area contributed by atoms with Crippen LogP contribution in [0.4, 0.5) is 18.0 Å². The fourth-order valence-electron chi connectivity index (χ4n) is 4.75. The maximum absolute atomic E-state index is 12.7. The number of phenols is 1. The average Bonchev–Trinajstić information content (AvgIpc) is 3.27. The van der Waals surface area contributed by atoms with E-state index >= 15 is 0 Å². The molecule has 2 heterocycles. The van der Waals surface area contributed by atoms with Gasteiger partial charge in [-0.2, -0.15) is 13.2 Å². The van der Waals surface area contributed by atoms with Gasteiger partial charge >= 0.3 is 18.2 Å². The molecule has 1 saturated heterocycles. The average molecular weight is 612 g/mol. The lowest BCUT2D eigenvalue weighted by Crippen LogP contribution is -2.41. The lowest BCUT2D eigenvalue weighted by atomic mass is 9.92. The maximum Gasteiger partial charge on any atom is 0.491 e. The molecule has 1 aromatic heterocycles. The molecule has 0 atom stereocenters. The monoisotopic (exact) mass is 611 g/mol. The number of rotatable bonds is 8. The molecule has 1 aliphatic rings. The van der Waals surface area contributed by atoms with Gasteiger partial charge in [0.05, 0.1) is 5.52 Å². The van der Waals surface area contributed by atoms with E-state index in [2.05, 4.69) is 9.72 Å². The molecule has 0 bridgehead atoms. The van der Waals surface area contributed by atoms with Gasteiger partial charge in [0.1, 0.15) is 29.3 Å². The van der Waals surface area contributed by atoms with Gasteiger partial charge in [-0.1, -0.05) is 11.6 Å². The molecule has 1 aliphatic heterocycles. The summed E-state index contributed by atoms with van der Waals surface area (Å²) in [6.45, 7) is 7.22. The summed E-state index contributed by atoms with van der Waals surface area (Å²) in [7, 11) is 0. The summed E-state index contributed by atoms with van der Waals surface area (Å²) < 4.78 is 55.7. The number of alkyl halides is 3. The molecule has 1 amide bonds. The summed E-state index contributed by atoms with van der Waals surface area (Å²) in [6.07, 6.45) is -2.25. The van der Waals surface area contributed by atoms with Crippen LogP contribution in [0, 0.1) is 5.92 Å². The van der Waals surface area contributed by atoms with Crippen molar-refractivity contribution < 1.29 is 42.1 Å². The van der Waals surface area contributed by atoms with Gasteiger partial charge in [0, 0.05) is 24.7 Å². The number of hydrogen-bond donors (Lipinski definition) is 1. The van der Waals surface area contributed by atoms with E-state index in [0.717, 1.165) is 31.7 Å². The van der Waals surface area contributed by atoms with Crippen molar-refractivity contribution in [1.29, 1.82) is 0 Å². The van der Waals surface area contributed by atoms with Crippen molar-refractivity contribution in [3.63, 3.8) is 0 Å². The van der Waals surface area contributed by atoms with Gasteiger partial charge in [0.15, 0.2) is 11.5 Å². The van der Waals surface area contributed by atoms with E-state index in [-0.39, 0.29) is 18.2 Å². The summed E-state index contributed by atoms with van der Waals surface area (Å²) in [4.78, 5) is 29.9. The molecule has 0 spiro atoms. The number of esters is 1. The van der Waals surface area contributed by atoms with Gasteiger partial charge < -0.3 is 28.8 Å². The third-order valence-corrected chi connectivity index (χ3v) is 7.06. The number of aryl methyl sites for hydroxylation is 1. The molecule has 228 valence electrons. The van der Waals surface area contributed by atoms with Crippen LogP contribution in [-0.2, 0) is 22.7 Å². The lowest BCUT2D eigenvalue weighted by Gasteiger charge is -2.33. The highest BCUT2D eigenvalue weighted by atomic mass is 35.5. The number of halogens is 4. The molecule has 1 fully saturated rings. The predicted octanol–water partition coefficient (Wildman–Crippen LogP) is 6.87. The summed E-state index contributed by atoms with van der Waals surface area (Å²) in [5, 5.41) is 11.2. The quantitative estimate of drug-likeness (QED) is 0.219. The third-order valence-electron chi connectivity index (χ3n) is 6.81. The van der Waals surface area contributed by atoms with Crippen LogP contribution < -0.4 is 9.47 Å². The molecule has 42 heavy (non-hydrogen) atoms. The van der Waals surface area contributed by atoms with Crippen molar-refractivity contribution in [3.8, 4) is 17.2 Å². The van der Waals surface area contributed by atoms with Gasteiger partial charge in [0.25, 0.3) is 0 Å². The van der Waals surface area contributed by atoms with Crippen LogP contribution in [0.25, 0.3) is 11.0 Å². The van der Waals surface area contributed by atoms with Crippen LogP contribution in [0.1, 0.15) is 52.3 Å². The van der Waals surface area contributed by atoms with Crippen LogP contribution in [0.2, 0.25) is 5.02 Å². The second-order valence-corrected chi connectivity index (χ2v) is 11.6. The SMILES string of the molecule is CC(C)(C)OC(=O)N1CCC(CCCn2c(COc3ccc(Cl)cc3)nc3c(O)c(OC(=O)C(F)(F)F)ccc32)CC1. The van der Waals surface area contributed by atoms with E-state index in [4.69, 9.17) is 21.1 Å². The number of imidazole rings is 1. The minimum Gasteiger partial charge on any atom is -0.503 e. The number of hydrogen-bond acceptors (Lipinski definition) is 7. The minimum absolute atomic E-state index is 0.00169. The van der Waals surface area contributed by atoms with Crippen LogP contribution >= 0.6 is 11.6 Å². The molecule has 0 radical (unpaired) electrons. The molecule has 0 saturated carbocycles. The molecule has 4 rings (SSSR count). The van der Waals surface area contributed by atoms with Crippen molar-refractivity contribution in [2.75, 3.05) is 13.1 Å². The number of nitrogens with zero attached hydrogens (tertiary/aromatic N) is 3. The Balaban J connectivity index is 1.47. The minimum atomic E-state index is -5.22. The zero-order valence-electron chi connectivity index (χ0n) is 23.5. The Hall–Kier alpha value is -3.67. The highest BCUT2D eigenvalue weighted by Gasteiger charge is 2.42. The second kappa shape index (κ2) is 12.7. The Morgan fingerprint density at radius 2 is 1.74 bits per heavy atom. The van der Waals surface area contributed by atoms with Gasteiger partial charge in [0.2, 0.25) is 0 Å². The van der Waals surface area contributed by atoms with Gasteiger partial charge in [-0.15, -0.1) is 0 Å². The van der Waals surface area contributed by atoms with E-state index in [1.165, 1.54) is 6.07 Å². The van der Waals surface area contributed by atoms with Crippen LogP contribution in [0.3, 0.4) is 0 Å². The fraction of sp³-hybridized carbons (Fsp3) is 0.483. The van der Waals surface area contributed by atoms with E-state index in [9.17, 15) is 27.9 Å². The van der Waals surface area contributed by atoms with Crippen LogP contribution in [-0.4, -0.2) is 56.5 Å². The molecule has 0 unspecified atom stereocenters. The standard InChI is InChI=1S/C29H33ClF3N3O6/c1-28(2,3)42-27(39)35-15-12-18(13-16-35)5-4-14-36-21-10-11-22(41-26(38)29(31,32)33)25(37)24(21)34-23(36)17-40-20-8-6-19(30)7-9-20/h6-11,18,37H,4-5,12-17H2,1-3H3. The van der Waals surface area contributed by atoms with Gasteiger partial charge in [-0.3, -0.25) is 0 Å². The van der Waals surface area contributed by atoms with Gasteiger partial charge in [-0.05, 0) is 88.8 Å². The number of ether oxygens (including phenoxy) is 3. The van der Waals surface area contributed by atoms with E-state index in [1.807, 2.05) is 25.3 Å². The Bertz CT molecular complexity index is 1410. The molecule has 2 aromatic carbocycles. The molecule has 13 heteroatoms. The van der Waals surface area contributed by atoms with Crippen LogP contribution in [0.5, 0.6) is 17.2 Å². The highest BCUT2D eigenvalue weighted by molar-refractivity contribution is 6.30. The Labute approximate surface area is 246 Å². The Morgan fingerprint density at radius 1 is 1.07 bits per heavy atom. The largest absolute Gasteiger partial charge is 0.503 e. The van der Waals surface area contributed by atoms with Crippen LogP contribution in [0.15, 0.2) is 36.4 Å². The van der Waals surface area contributed by atoms with Crippen molar-refractivity contribution in [2.45, 2.75) is 71.4 Å². The number of aromatic nitrogens is 2. The molecular weight excluding hydrogens is 579 g/mol. The Morgan fingerprint density at radius 3 is 2.36 bits per heavy atom. The number of likely N-dealkylation sites (tertiary alicyclic amines) is 1. The molecule has 9 nitrogen and oxygen atoms in total. The number of aromatic hydroxyl groups is 1. The Kier molecular flexibility index (Phi) is 9.44. The number of phenolic OH excluding ortho intramolecular Hbond substituents is 1. The summed E-state index contributed by atoms with van der Waals surface area (Å²) in [6, 6.07) is 9.26. The highest BCUT2D eigenvalue weighted by Crippen LogP contribution is 2.36. The van der Waals surface area contributed by atoms with E-state index in [0.29, 0.717) is 47.7 Å². The first kappa shape index (κ1) is 31.3. The van der Waals surface area contributed by atoms with Gasteiger partial charge in [-0.25, -0.2) is 14.6 Å². The number of carbonyl (C=O) groups is 2. The van der Waals surface area contributed by atoms with Crippen molar-refractivity contribution in [3.05, 3.63) is 47.2 Å². The zero-order chi connectivity index (χ0) is 30.7. The summed E-state index contributed by atoms with van der Waals surface area (Å²) in [5.74, 6) is -2.41. The molecule has 1 N–H and O–H groups in total. The van der Waals surface area contributed by atoms with E-state index in [1.54, 1.807) is 29.2 Å². The summed E-state index contributed by atoms with van der Waals surface area (Å²) >= 11 is 5.94. The number of piperidine rings is 1. The number of carbonyl (C=O) groups excluding carboxylic acids is 2. The predicted molar refractivity (Wildman–Crippen MR) is 149 cm³/mol. The fourth-order valence-corrected chi connectivity index (χ4v) is 4.88. The first-order valence-corrected chi connectivity index (χ1v) is 14.0. The van der Waals surface area contributed by atoms with E-state index < -0.39 is 29.2 Å². The molecule has 3 aromatic rings. The maximum atomic E-state index is 12.7. The first-order valence-electron chi connectivity index (χ1n) is 13.6. The normalized spacial score (nSPS) is 14.7. The smallest absolute Gasteiger partial charge is 0.491 e. The van der Waals surface area contributed by atoms with Crippen molar-refractivity contribution >= 4 is 34.7 Å². The zero-order valence-corrected chi connectivity index (χ0v) is 24.3. The lowest BCUT2D eigenvalue weighted by molar-refractivity contribution is -0.189. The number of benzene rings is 2.